The Morgan fingerprint density at radius 2 is 2.32 bits per heavy atom. The minimum atomic E-state index is 0.190. The van der Waals surface area contributed by atoms with E-state index >= 15 is 0 Å². The van der Waals surface area contributed by atoms with E-state index in [1.807, 2.05) is 6.92 Å². The summed E-state index contributed by atoms with van der Waals surface area (Å²) >= 11 is 0. The highest BCUT2D eigenvalue weighted by Gasteiger charge is 2.25. The first-order valence-electron chi connectivity index (χ1n) is 8.39. The topological polar surface area (TPSA) is 59.4 Å². The molecule has 2 aliphatic rings. The van der Waals surface area contributed by atoms with E-state index in [-0.39, 0.29) is 11.8 Å². The summed E-state index contributed by atoms with van der Waals surface area (Å²) in [7, 11) is 0. The third-order valence-electron chi connectivity index (χ3n) is 4.60. The molecule has 2 heterocycles. The number of ether oxygens (including phenoxy) is 1. The third kappa shape index (κ3) is 3.67. The van der Waals surface area contributed by atoms with Crippen LogP contribution in [0.15, 0.2) is 6.07 Å². The molecule has 1 N–H and O–H groups in total. The van der Waals surface area contributed by atoms with Crippen molar-refractivity contribution in [3.63, 3.8) is 0 Å². The van der Waals surface area contributed by atoms with Gasteiger partial charge in [-0.1, -0.05) is 6.42 Å². The summed E-state index contributed by atoms with van der Waals surface area (Å²) in [5.74, 6) is 0.432. The van der Waals surface area contributed by atoms with Crippen LogP contribution in [0.3, 0.4) is 0 Å². The van der Waals surface area contributed by atoms with Crippen molar-refractivity contribution in [2.75, 3.05) is 26.3 Å². The summed E-state index contributed by atoms with van der Waals surface area (Å²) in [5.41, 5.74) is 2.20. The zero-order valence-corrected chi connectivity index (χ0v) is 13.4. The molecule has 6 heteroatoms. The van der Waals surface area contributed by atoms with E-state index in [9.17, 15) is 4.79 Å². The maximum absolute atomic E-state index is 11.9. The molecule has 0 aromatic carbocycles. The monoisotopic (exact) mass is 306 g/mol. The second-order valence-electron chi connectivity index (χ2n) is 6.17. The fraction of sp³-hybridized carbons (Fsp3) is 0.750. The van der Waals surface area contributed by atoms with Crippen molar-refractivity contribution in [3.8, 4) is 0 Å². The van der Waals surface area contributed by atoms with E-state index in [0.29, 0.717) is 6.54 Å². The Labute approximate surface area is 131 Å². The Kier molecular flexibility index (Phi) is 5.10. The number of nitrogens with zero attached hydrogens (tertiary/aromatic N) is 3. The molecule has 1 aromatic rings. The maximum Gasteiger partial charge on any atom is 0.223 e. The Bertz CT molecular complexity index is 510. The first kappa shape index (κ1) is 15.5. The van der Waals surface area contributed by atoms with Crippen molar-refractivity contribution in [2.45, 2.75) is 45.8 Å². The van der Waals surface area contributed by atoms with Gasteiger partial charge in [0.15, 0.2) is 0 Å². The molecule has 6 nitrogen and oxygen atoms in total. The fourth-order valence-corrected chi connectivity index (χ4v) is 2.99. The number of rotatable bonds is 7. The summed E-state index contributed by atoms with van der Waals surface area (Å²) in [4.78, 5) is 14.3. The van der Waals surface area contributed by atoms with Crippen molar-refractivity contribution in [1.29, 1.82) is 0 Å². The van der Waals surface area contributed by atoms with Crippen molar-refractivity contribution in [1.82, 2.24) is 20.0 Å². The lowest BCUT2D eigenvalue weighted by molar-refractivity contribution is -0.127. The number of amides is 1. The molecule has 0 atom stereocenters. The number of carbonyl (C=O) groups is 1. The summed E-state index contributed by atoms with van der Waals surface area (Å²) in [5, 5.41) is 7.62. The predicted octanol–water partition coefficient (Wildman–Crippen LogP) is 1.15. The second-order valence-corrected chi connectivity index (χ2v) is 6.17. The Balaban J connectivity index is 1.48. The lowest BCUT2D eigenvalue weighted by atomic mass is 9.85. The van der Waals surface area contributed by atoms with Gasteiger partial charge >= 0.3 is 0 Å². The summed E-state index contributed by atoms with van der Waals surface area (Å²) in [6, 6.07) is 2.12. The first-order chi connectivity index (χ1) is 10.8. The van der Waals surface area contributed by atoms with Crippen LogP contribution in [0.25, 0.3) is 0 Å². The number of carbonyl (C=O) groups excluding carboxylic acids is 1. The quantitative estimate of drug-likeness (QED) is 0.768. The number of aromatic nitrogens is 2. The molecule has 1 saturated carbocycles. The van der Waals surface area contributed by atoms with E-state index in [1.165, 1.54) is 12.1 Å². The van der Waals surface area contributed by atoms with Crippen molar-refractivity contribution < 1.29 is 9.53 Å². The van der Waals surface area contributed by atoms with Crippen molar-refractivity contribution in [2.24, 2.45) is 5.92 Å². The van der Waals surface area contributed by atoms with Gasteiger partial charge in [0.25, 0.3) is 0 Å². The van der Waals surface area contributed by atoms with Crippen LogP contribution in [0.1, 0.15) is 37.6 Å². The lowest BCUT2D eigenvalue weighted by Crippen LogP contribution is -2.36. The fourth-order valence-electron chi connectivity index (χ4n) is 2.99. The Morgan fingerprint density at radius 1 is 1.45 bits per heavy atom. The number of nitrogens with one attached hydrogen (secondary N) is 1. The van der Waals surface area contributed by atoms with Gasteiger partial charge in [-0.3, -0.25) is 14.4 Å². The first-order valence-corrected chi connectivity index (χ1v) is 8.39. The van der Waals surface area contributed by atoms with Gasteiger partial charge in [0, 0.05) is 32.2 Å². The normalized spacial score (nSPS) is 18.8. The van der Waals surface area contributed by atoms with Crippen LogP contribution in [-0.2, 0) is 29.2 Å². The van der Waals surface area contributed by atoms with Crippen LogP contribution in [0.4, 0.5) is 0 Å². The summed E-state index contributed by atoms with van der Waals surface area (Å²) in [6.07, 6.45) is 3.27. The SMILES string of the molecule is CCOCCN1CCn2nc(CNC(=O)C3CCC3)cc2C1. The minimum Gasteiger partial charge on any atom is -0.380 e. The molecule has 1 fully saturated rings. The average Bonchev–Trinajstić information content (AvgIpc) is 2.86. The molecule has 0 bridgehead atoms. The molecule has 1 aliphatic heterocycles. The average molecular weight is 306 g/mol. The molecule has 0 spiro atoms. The number of hydrogen-bond acceptors (Lipinski definition) is 4. The van der Waals surface area contributed by atoms with Crippen LogP contribution in [0.2, 0.25) is 0 Å². The molecular weight excluding hydrogens is 280 g/mol. The molecular formula is C16H26N4O2. The number of hydrogen-bond donors (Lipinski definition) is 1. The summed E-state index contributed by atoms with van der Waals surface area (Å²) in [6.45, 7) is 7.94. The van der Waals surface area contributed by atoms with Crippen LogP contribution in [-0.4, -0.2) is 46.9 Å². The zero-order chi connectivity index (χ0) is 15.4. The third-order valence-corrected chi connectivity index (χ3v) is 4.60. The minimum absolute atomic E-state index is 0.190. The van der Waals surface area contributed by atoms with Gasteiger partial charge in [-0.25, -0.2) is 0 Å². The Morgan fingerprint density at radius 3 is 3.05 bits per heavy atom. The van der Waals surface area contributed by atoms with Crippen molar-refractivity contribution >= 4 is 5.91 Å². The predicted molar refractivity (Wildman–Crippen MR) is 83.2 cm³/mol. The molecule has 1 amide bonds. The van der Waals surface area contributed by atoms with E-state index in [4.69, 9.17) is 4.74 Å². The molecule has 0 radical (unpaired) electrons. The van der Waals surface area contributed by atoms with Gasteiger partial charge in [0.1, 0.15) is 0 Å². The molecule has 22 heavy (non-hydrogen) atoms. The highest BCUT2D eigenvalue weighted by molar-refractivity contribution is 5.79. The van der Waals surface area contributed by atoms with Crippen LogP contribution < -0.4 is 5.32 Å². The van der Waals surface area contributed by atoms with Crippen LogP contribution >= 0.6 is 0 Å². The molecule has 0 unspecified atom stereocenters. The van der Waals surface area contributed by atoms with E-state index < -0.39 is 0 Å². The van der Waals surface area contributed by atoms with Gasteiger partial charge in [0.05, 0.1) is 31.1 Å². The van der Waals surface area contributed by atoms with E-state index in [2.05, 4.69) is 26.1 Å². The van der Waals surface area contributed by atoms with Gasteiger partial charge in [-0.05, 0) is 25.8 Å². The largest absolute Gasteiger partial charge is 0.380 e. The van der Waals surface area contributed by atoms with Gasteiger partial charge in [-0.15, -0.1) is 0 Å². The summed E-state index contributed by atoms with van der Waals surface area (Å²) < 4.78 is 7.49. The number of fused-ring (bicyclic) bond motifs is 1. The smallest absolute Gasteiger partial charge is 0.223 e. The van der Waals surface area contributed by atoms with Crippen LogP contribution in [0, 0.1) is 5.92 Å². The zero-order valence-electron chi connectivity index (χ0n) is 13.4. The standard InChI is InChI=1S/C16H26N4O2/c1-2-22-9-8-19-6-7-20-15(12-19)10-14(18-20)11-17-16(21)13-4-3-5-13/h10,13H,2-9,11-12H2,1H3,(H,17,21). The van der Waals surface area contributed by atoms with Gasteiger partial charge in [0.2, 0.25) is 5.91 Å². The molecule has 3 rings (SSSR count). The van der Waals surface area contributed by atoms with E-state index in [1.54, 1.807) is 0 Å². The molecule has 0 saturated heterocycles. The highest BCUT2D eigenvalue weighted by atomic mass is 16.5. The second kappa shape index (κ2) is 7.24. The van der Waals surface area contributed by atoms with E-state index in [0.717, 1.165) is 57.9 Å². The van der Waals surface area contributed by atoms with Crippen LogP contribution in [0.5, 0.6) is 0 Å². The highest BCUT2D eigenvalue weighted by Crippen LogP contribution is 2.26. The van der Waals surface area contributed by atoms with Gasteiger partial charge < -0.3 is 10.1 Å². The molecule has 1 aliphatic carbocycles. The lowest BCUT2D eigenvalue weighted by Gasteiger charge is -2.27. The molecule has 1 aromatic heterocycles. The Hall–Kier alpha value is -1.40. The van der Waals surface area contributed by atoms with Crippen molar-refractivity contribution in [3.05, 3.63) is 17.5 Å². The molecule has 122 valence electrons. The maximum atomic E-state index is 11.9. The van der Waals surface area contributed by atoms with Gasteiger partial charge in [-0.2, -0.15) is 5.10 Å².